The smallest absolute Gasteiger partial charge is 0.254 e. The first kappa shape index (κ1) is 16.5. The first-order valence-corrected chi connectivity index (χ1v) is 6.71. The molecule has 0 spiro atoms. The Bertz CT molecular complexity index is 386. The number of aryl methyl sites for hydroxylation is 1. The highest BCUT2D eigenvalue weighted by atomic mass is 16.5. The molecular weight excluding hydrogens is 226 g/mol. The Hall–Kier alpha value is -1.51. The summed E-state index contributed by atoms with van der Waals surface area (Å²) in [5.41, 5.74) is 3.02. The summed E-state index contributed by atoms with van der Waals surface area (Å²) in [5, 5.41) is 2.61. The molecule has 0 aliphatic carbocycles. The summed E-state index contributed by atoms with van der Waals surface area (Å²) in [6, 6.07) is 3.79. The zero-order chi connectivity index (χ0) is 14.1. The number of hydrogen-bond acceptors (Lipinski definition) is 2. The molecule has 0 unspecified atom stereocenters. The third kappa shape index (κ3) is 3.49. The van der Waals surface area contributed by atoms with Gasteiger partial charge in [0, 0.05) is 19.0 Å². The second kappa shape index (κ2) is 8.56. The predicted molar refractivity (Wildman–Crippen MR) is 76.5 cm³/mol. The van der Waals surface area contributed by atoms with Gasteiger partial charge < -0.3 is 10.1 Å². The molecule has 0 aromatic heterocycles. The quantitative estimate of drug-likeness (QED) is 0.831. The fourth-order valence-corrected chi connectivity index (χ4v) is 1.77. The van der Waals surface area contributed by atoms with Crippen LogP contribution in [0.1, 0.15) is 49.2 Å². The lowest BCUT2D eigenvalue weighted by Gasteiger charge is -2.08. The summed E-state index contributed by atoms with van der Waals surface area (Å²) in [5.74, 6) is 0.688. The molecular formula is C15H25NO2. The lowest BCUT2D eigenvalue weighted by atomic mass is 10.0. The molecule has 0 bridgehead atoms. The molecule has 1 aliphatic rings. The normalized spacial score (nSPS) is 11.0. The number of rotatable bonds is 1. The number of fused-ring (bicyclic) bond motifs is 1. The van der Waals surface area contributed by atoms with E-state index in [2.05, 4.69) is 5.32 Å². The van der Waals surface area contributed by atoms with Crippen LogP contribution in [0.2, 0.25) is 0 Å². The van der Waals surface area contributed by atoms with E-state index in [1.807, 2.05) is 46.8 Å². The van der Waals surface area contributed by atoms with Gasteiger partial charge in [-0.05, 0) is 18.6 Å². The van der Waals surface area contributed by atoms with Crippen molar-refractivity contribution in [2.75, 3.05) is 13.7 Å². The van der Waals surface area contributed by atoms with Gasteiger partial charge in [0.1, 0.15) is 5.75 Å². The summed E-state index contributed by atoms with van der Waals surface area (Å²) in [6.45, 7) is 10.7. The molecule has 102 valence electrons. The number of carbonyl (C=O) groups is 1. The molecule has 0 fully saturated rings. The molecule has 1 aromatic rings. The maximum atomic E-state index is 11.5. The van der Waals surface area contributed by atoms with Crippen molar-refractivity contribution in [2.24, 2.45) is 0 Å². The van der Waals surface area contributed by atoms with E-state index in [0.717, 1.165) is 12.2 Å². The Kier molecular flexibility index (Phi) is 7.84. The summed E-state index contributed by atoms with van der Waals surface area (Å²) >= 11 is 0. The van der Waals surface area contributed by atoms with Crippen LogP contribution in [0.15, 0.2) is 12.1 Å². The summed E-state index contributed by atoms with van der Waals surface area (Å²) in [6.07, 6.45) is 0.909. The number of nitrogens with one attached hydrogen (secondary N) is 1. The summed E-state index contributed by atoms with van der Waals surface area (Å²) < 4.78 is 5.47. The van der Waals surface area contributed by atoms with Crippen molar-refractivity contribution in [3.63, 3.8) is 0 Å². The van der Waals surface area contributed by atoms with E-state index >= 15 is 0 Å². The van der Waals surface area contributed by atoms with Gasteiger partial charge in [-0.3, -0.25) is 4.79 Å². The van der Waals surface area contributed by atoms with Crippen LogP contribution in [0, 0.1) is 6.92 Å². The first-order chi connectivity index (χ1) is 8.74. The molecule has 0 radical (unpaired) electrons. The van der Waals surface area contributed by atoms with E-state index < -0.39 is 0 Å². The van der Waals surface area contributed by atoms with Crippen LogP contribution >= 0.6 is 0 Å². The number of carbonyl (C=O) groups excluding carboxylic acids is 1. The molecule has 1 amide bonds. The molecule has 0 atom stereocenters. The van der Waals surface area contributed by atoms with Crippen molar-refractivity contribution in [3.05, 3.63) is 28.8 Å². The molecule has 0 saturated carbocycles. The lowest BCUT2D eigenvalue weighted by molar-refractivity contribution is 0.0960. The van der Waals surface area contributed by atoms with E-state index in [4.69, 9.17) is 4.74 Å². The monoisotopic (exact) mass is 251 g/mol. The van der Waals surface area contributed by atoms with Gasteiger partial charge in [-0.15, -0.1) is 0 Å². The van der Waals surface area contributed by atoms with Gasteiger partial charge in [-0.1, -0.05) is 33.8 Å². The Labute approximate surface area is 111 Å². The van der Waals surface area contributed by atoms with Crippen LogP contribution < -0.4 is 10.1 Å². The van der Waals surface area contributed by atoms with Gasteiger partial charge in [0.2, 0.25) is 0 Å². The number of hydrogen-bond donors (Lipinski definition) is 1. The molecule has 3 heteroatoms. The fraction of sp³-hybridized carbons (Fsp3) is 0.533. The van der Waals surface area contributed by atoms with Crippen LogP contribution in [0.5, 0.6) is 5.75 Å². The van der Waals surface area contributed by atoms with Crippen molar-refractivity contribution in [3.8, 4) is 5.75 Å². The maximum Gasteiger partial charge on any atom is 0.254 e. The molecule has 0 saturated heterocycles. The third-order valence-electron chi connectivity index (χ3n) is 2.56. The topological polar surface area (TPSA) is 38.3 Å². The highest BCUT2D eigenvalue weighted by Gasteiger charge is 2.21. The Morgan fingerprint density at radius 2 is 1.83 bits per heavy atom. The molecule has 1 aliphatic heterocycles. The number of amides is 1. The van der Waals surface area contributed by atoms with Gasteiger partial charge >= 0.3 is 0 Å². The fourth-order valence-electron chi connectivity index (χ4n) is 1.77. The lowest BCUT2D eigenvalue weighted by Crippen LogP contribution is -2.18. The van der Waals surface area contributed by atoms with Crippen LogP contribution in [0.4, 0.5) is 0 Å². The van der Waals surface area contributed by atoms with Crippen LogP contribution in [-0.4, -0.2) is 19.6 Å². The Balaban J connectivity index is 0.000000659. The van der Waals surface area contributed by atoms with Gasteiger partial charge in [0.25, 0.3) is 5.91 Å². The van der Waals surface area contributed by atoms with Gasteiger partial charge in [0.05, 0.1) is 12.2 Å². The van der Waals surface area contributed by atoms with Crippen molar-refractivity contribution < 1.29 is 9.53 Å². The Morgan fingerprint density at radius 3 is 2.39 bits per heavy atom. The van der Waals surface area contributed by atoms with Gasteiger partial charge in [-0.25, -0.2) is 0 Å². The molecule has 1 N–H and O–H groups in total. The maximum absolute atomic E-state index is 11.5. The van der Waals surface area contributed by atoms with Gasteiger partial charge in [0.15, 0.2) is 0 Å². The average Bonchev–Trinajstić information content (AvgIpc) is 2.93. The summed E-state index contributed by atoms with van der Waals surface area (Å²) in [7, 11) is 1.63. The first-order valence-electron chi connectivity index (χ1n) is 6.71. The van der Waals surface area contributed by atoms with Crippen LogP contribution in [-0.2, 0) is 6.42 Å². The van der Waals surface area contributed by atoms with Gasteiger partial charge in [-0.2, -0.15) is 0 Å². The van der Waals surface area contributed by atoms with E-state index in [0.29, 0.717) is 12.2 Å². The zero-order valence-electron chi connectivity index (χ0n) is 12.4. The number of ether oxygens (including phenoxy) is 1. The SMILES string of the molecule is CC.CC.CNC(=O)c1ccc(C)c2c1OCC2. The predicted octanol–water partition coefficient (Wildman–Crippen LogP) is 3.34. The third-order valence-corrected chi connectivity index (χ3v) is 2.56. The second-order valence-corrected chi connectivity index (χ2v) is 3.42. The van der Waals surface area contributed by atoms with Crippen molar-refractivity contribution in [1.29, 1.82) is 0 Å². The zero-order valence-corrected chi connectivity index (χ0v) is 12.4. The molecule has 1 heterocycles. The second-order valence-electron chi connectivity index (χ2n) is 3.42. The van der Waals surface area contributed by atoms with E-state index in [1.165, 1.54) is 11.1 Å². The highest BCUT2D eigenvalue weighted by Crippen LogP contribution is 2.31. The molecule has 3 nitrogen and oxygen atoms in total. The summed E-state index contributed by atoms with van der Waals surface area (Å²) in [4.78, 5) is 11.5. The van der Waals surface area contributed by atoms with Crippen LogP contribution in [0.25, 0.3) is 0 Å². The van der Waals surface area contributed by atoms with Crippen molar-refractivity contribution >= 4 is 5.91 Å². The van der Waals surface area contributed by atoms with E-state index in [1.54, 1.807) is 7.05 Å². The van der Waals surface area contributed by atoms with Crippen molar-refractivity contribution in [2.45, 2.75) is 41.0 Å². The minimum Gasteiger partial charge on any atom is -0.492 e. The minimum atomic E-state index is -0.0804. The number of benzene rings is 1. The highest BCUT2D eigenvalue weighted by molar-refractivity contribution is 5.97. The molecule has 1 aromatic carbocycles. The van der Waals surface area contributed by atoms with E-state index in [-0.39, 0.29) is 5.91 Å². The molecule has 2 rings (SSSR count). The van der Waals surface area contributed by atoms with E-state index in [9.17, 15) is 4.79 Å². The Morgan fingerprint density at radius 1 is 1.22 bits per heavy atom. The van der Waals surface area contributed by atoms with Crippen LogP contribution in [0.3, 0.4) is 0 Å². The largest absolute Gasteiger partial charge is 0.492 e. The standard InChI is InChI=1S/C11H13NO2.2C2H6/c1-7-3-4-9(11(13)12-2)10-8(7)5-6-14-10;2*1-2/h3-4H,5-6H2,1-2H3,(H,12,13);2*1-2H3. The van der Waals surface area contributed by atoms with Crippen molar-refractivity contribution in [1.82, 2.24) is 5.32 Å². The minimum absolute atomic E-state index is 0.0804. The molecule has 18 heavy (non-hydrogen) atoms. The average molecular weight is 251 g/mol.